The van der Waals surface area contributed by atoms with Gasteiger partial charge in [-0.25, -0.2) is 24.1 Å². The topological polar surface area (TPSA) is 158 Å². The summed E-state index contributed by atoms with van der Waals surface area (Å²) in [6.07, 6.45) is 0.131. The first-order valence-electron chi connectivity index (χ1n) is 11.6. The van der Waals surface area contributed by atoms with E-state index in [0.717, 1.165) is 12.8 Å². The third-order valence-electron chi connectivity index (χ3n) is 5.87. The summed E-state index contributed by atoms with van der Waals surface area (Å²) in [6.45, 7) is -0.0111. The number of nitrogen functional groups attached to an aromatic ring is 1. The van der Waals surface area contributed by atoms with E-state index in [2.05, 4.69) is 32.1 Å². The minimum atomic E-state index is -0.959. The Hall–Kier alpha value is -4.28. The van der Waals surface area contributed by atoms with Gasteiger partial charge in [0.1, 0.15) is 29.3 Å². The zero-order chi connectivity index (χ0) is 26.1. The SMILES string of the molecule is CN(CC#Cc1nc(N)c2ncn(C3OC(C(=O)NC4CC4)CC3O)c2n1)C(=O)Oc1ccc(F)cc1. The van der Waals surface area contributed by atoms with E-state index in [1.165, 1.54) is 47.1 Å². The molecular weight excluding hydrogens is 485 g/mol. The van der Waals surface area contributed by atoms with Crippen LogP contribution in [0.4, 0.5) is 15.0 Å². The van der Waals surface area contributed by atoms with E-state index < -0.39 is 30.3 Å². The number of aliphatic hydroxyl groups excluding tert-OH is 1. The number of aromatic nitrogens is 4. The van der Waals surface area contributed by atoms with Crippen LogP contribution in [0.15, 0.2) is 30.6 Å². The molecule has 192 valence electrons. The lowest BCUT2D eigenvalue weighted by Gasteiger charge is -2.16. The molecule has 4 N–H and O–H groups in total. The number of aliphatic hydroxyl groups is 1. The summed E-state index contributed by atoms with van der Waals surface area (Å²) in [5.74, 6) is 5.18. The number of rotatable bonds is 5. The Bertz CT molecular complexity index is 1400. The highest BCUT2D eigenvalue weighted by Crippen LogP contribution is 2.32. The van der Waals surface area contributed by atoms with Crippen LogP contribution in [-0.4, -0.2) is 73.4 Å². The van der Waals surface area contributed by atoms with Gasteiger partial charge >= 0.3 is 6.09 Å². The monoisotopic (exact) mass is 509 g/mol. The highest BCUT2D eigenvalue weighted by Gasteiger charge is 2.41. The molecular formula is C24H24FN7O5. The fourth-order valence-electron chi connectivity index (χ4n) is 3.76. The lowest BCUT2D eigenvalue weighted by molar-refractivity contribution is -0.134. The van der Waals surface area contributed by atoms with Gasteiger partial charge in [-0.2, -0.15) is 0 Å². The fraction of sp³-hybridized carbons (Fsp3) is 0.375. The molecule has 3 heterocycles. The second-order valence-electron chi connectivity index (χ2n) is 8.84. The summed E-state index contributed by atoms with van der Waals surface area (Å²) in [5.41, 5.74) is 6.63. The smallest absolute Gasteiger partial charge is 0.410 e. The molecule has 1 saturated heterocycles. The Kier molecular flexibility index (Phi) is 6.60. The summed E-state index contributed by atoms with van der Waals surface area (Å²) >= 11 is 0. The van der Waals surface area contributed by atoms with Gasteiger partial charge in [-0.3, -0.25) is 14.3 Å². The maximum atomic E-state index is 13.0. The Morgan fingerprint density at radius 3 is 2.81 bits per heavy atom. The van der Waals surface area contributed by atoms with Crippen molar-refractivity contribution >= 4 is 29.0 Å². The molecule has 1 aromatic carbocycles. The average Bonchev–Trinajstić information content (AvgIpc) is 3.44. The molecule has 13 heteroatoms. The van der Waals surface area contributed by atoms with E-state index in [9.17, 15) is 19.1 Å². The Morgan fingerprint density at radius 1 is 1.32 bits per heavy atom. The minimum Gasteiger partial charge on any atom is -0.410 e. The molecule has 3 aromatic rings. The number of fused-ring (bicyclic) bond motifs is 1. The van der Waals surface area contributed by atoms with Gasteiger partial charge < -0.3 is 25.6 Å². The average molecular weight is 509 g/mol. The largest absolute Gasteiger partial charge is 0.415 e. The number of carbonyl (C=O) groups excluding carboxylic acids is 2. The number of anilines is 1. The van der Waals surface area contributed by atoms with Crippen LogP contribution in [0.5, 0.6) is 5.75 Å². The van der Waals surface area contributed by atoms with Crippen molar-refractivity contribution in [3.05, 3.63) is 42.2 Å². The van der Waals surface area contributed by atoms with Crippen molar-refractivity contribution in [1.82, 2.24) is 29.7 Å². The fourth-order valence-corrected chi connectivity index (χ4v) is 3.76. The van der Waals surface area contributed by atoms with E-state index in [1.54, 1.807) is 0 Å². The molecule has 0 bridgehead atoms. The molecule has 2 aliphatic rings. The number of nitrogens with one attached hydrogen (secondary N) is 1. The van der Waals surface area contributed by atoms with Crippen LogP contribution in [-0.2, 0) is 9.53 Å². The molecule has 3 atom stereocenters. The van der Waals surface area contributed by atoms with Crippen LogP contribution in [0.2, 0.25) is 0 Å². The molecule has 2 fully saturated rings. The van der Waals surface area contributed by atoms with Crippen LogP contribution >= 0.6 is 0 Å². The number of hydrogen-bond donors (Lipinski definition) is 3. The summed E-state index contributed by atoms with van der Waals surface area (Å²) in [7, 11) is 1.49. The van der Waals surface area contributed by atoms with Gasteiger partial charge in [-0.15, -0.1) is 0 Å². The molecule has 0 radical (unpaired) electrons. The van der Waals surface area contributed by atoms with Gasteiger partial charge in [-0.1, -0.05) is 5.92 Å². The molecule has 1 aliphatic carbocycles. The molecule has 2 amide bonds. The summed E-state index contributed by atoms with van der Waals surface area (Å²) in [4.78, 5) is 38.6. The van der Waals surface area contributed by atoms with Crippen LogP contribution in [0.25, 0.3) is 11.2 Å². The highest BCUT2D eigenvalue weighted by molar-refractivity contribution is 5.83. The number of benzene rings is 1. The van der Waals surface area contributed by atoms with Gasteiger partial charge in [0.05, 0.1) is 12.9 Å². The lowest BCUT2D eigenvalue weighted by Crippen LogP contribution is -2.35. The van der Waals surface area contributed by atoms with Crippen LogP contribution in [0.1, 0.15) is 31.3 Å². The zero-order valence-electron chi connectivity index (χ0n) is 19.8. The molecule has 2 aromatic heterocycles. The van der Waals surface area contributed by atoms with Gasteiger partial charge in [0.2, 0.25) is 11.7 Å². The molecule has 12 nitrogen and oxygen atoms in total. The number of imidazole rings is 1. The van der Waals surface area contributed by atoms with E-state index in [-0.39, 0.29) is 48.0 Å². The van der Waals surface area contributed by atoms with Crippen molar-refractivity contribution < 1.29 is 28.6 Å². The van der Waals surface area contributed by atoms with Crippen molar-refractivity contribution in [2.45, 2.75) is 43.7 Å². The predicted molar refractivity (Wildman–Crippen MR) is 127 cm³/mol. The lowest BCUT2D eigenvalue weighted by atomic mass is 10.2. The van der Waals surface area contributed by atoms with Gasteiger partial charge in [0.15, 0.2) is 17.7 Å². The summed E-state index contributed by atoms with van der Waals surface area (Å²) in [6, 6.07) is 5.23. The van der Waals surface area contributed by atoms with Gasteiger partial charge in [-0.05, 0) is 43.0 Å². The number of hydrogen-bond acceptors (Lipinski definition) is 9. The number of ether oxygens (including phenoxy) is 2. The number of carbonyl (C=O) groups is 2. The predicted octanol–water partition coefficient (Wildman–Crippen LogP) is 0.957. The van der Waals surface area contributed by atoms with Gasteiger partial charge in [0, 0.05) is 19.5 Å². The number of halogens is 1. The van der Waals surface area contributed by atoms with Crippen molar-refractivity contribution in [2.24, 2.45) is 0 Å². The Labute approximate surface area is 210 Å². The normalized spacial score (nSPS) is 20.8. The summed E-state index contributed by atoms with van der Waals surface area (Å²) < 4.78 is 25.5. The first kappa shape index (κ1) is 24.4. The first-order chi connectivity index (χ1) is 17.8. The first-order valence-corrected chi connectivity index (χ1v) is 11.6. The Morgan fingerprint density at radius 2 is 2.08 bits per heavy atom. The second-order valence-corrected chi connectivity index (χ2v) is 8.84. The Balaban J connectivity index is 1.28. The summed E-state index contributed by atoms with van der Waals surface area (Å²) in [5, 5.41) is 13.5. The number of nitrogens with two attached hydrogens (primary N) is 1. The van der Waals surface area contributed by atoms with Crippen LogP contribution in [0, 0.1) is 17.7 Å². The molecule has 1 aliphatic heterocycles. The molecule has 1 saturated carbocycles. The molecule has 5 rings (SSSR count). The van der Waals surface area contributed by atoms with Crippen LogP contribution < -0.4 is 15.8 Å². The van der Waals surface area contributed by atoms with E-state index in [0.29, 0.717) is 5.52 Å². The number of amides is 2. The minimum absolute atomic E-state index is 0.0111. The van der Waals surface area contributed by atoms with Crippen molar-refractivity contribution in [3.8, 4) is 17.6 Å². The third-order valence-corrected chi connectivity index (χ3v) is 5.87. The number of nitrogens with zero attached hydrogens (tertiary/aromatic N) is 5. The van der Waals surface area contributed by atoms with Crippen LogP contribution in [0.3, 0.4) is 0 Å². The molecule has 0 spiro atoms. The maximum Gasteiger partial charge on any atom is 0.415 e. The van der Waals surface area contributed by atoms with E-state index in [4.69, 9.17) is 15.2 Å². The van der Waals surface area contributed by atoms with E-state index in [1.807, 2.05) is 0 Å². The molecule has 3 unspecified atom stereocenters. The third kappa shape index (κ3) is 5.45. The molecule has 37 heavy (non-hydrogen) atoms. The van der Waals surface area contributed by atoms with Gasteiger partial charge in [0.25, 0.3) is 0 Å². The second kappa shape index (κ2) is 10.00. The van der Waals surface area contributed by atoms with Crippen molar-refractivity contribution in [2.75, 3.05) is 19.3 Å². The highest BCUT2D eigenvalue weighted by atomic mass is 19.1. The van der Waals surface area contributed by atoms with E-state index >= 15 is 0 Å². The van der Waals surface area contributed by atoms with Crippen molar-refractivity contribution in [1.29, 1.82) is 0 Å². The van der Waals surface area contributed by atoms with Crippen molar-refractivity contribution in [3.63, 3.8) is 0 Å². The quantitative estimate of drug-likeness (QED) is 0.426. The maximum absolute atomic E-state index is 13.0. The zero-order valence-corrected chi connectivity index (χ0v) is 19.8. The standard InChI is InChI=1S/C24H24FN7O5/c1-31(24(35)36-15-8-4-13(25)5-9-15)10-2-3-18-29-20(26)19-21(30-18)32(12-27-19)23-16(33)11-17(37-23)22(34)28-14-6-7-14/h4-5,8-9,12,14,16-17,23,33H,6-7,10-11H2,1H3,(H,28,34)(H2,26,29,30).